The zero-order chi connectivity index (χ0) is 11.5. The molecular weight excluding hydrogens is 370 g/mol. The summed E-state index contributed by atoms with van der Waals surface area (Å²) < 4.78 is 2.43. The zero-order valence-corrected chi connectivity index (χ0v) is 13.5. The van der Waals surface area contributed by atoms with Gasteiger partial charge in [0.25, 0.3) is 0 Å². The van der Waals surface area contributed by atoms with Gasteiger partial charge in [0.05, 0.1) is 7.57 Å². The van der Waals surface area contributed by atoms with Crippen molar-refractivity contribution in [3.8, 4) is 0 Å². The van der Waals surface area contributed by atoms with Crippen molar-refractivity contribution >= 4 is 54.5 Å². The van der Waals surface area contributed by atoms with Gasteiger partial charge in [-0.2, -0.15) is 0 Å². The first kappa shape index (κ1) is 12.8. The Hall–Kier alpha value is 0.320. The number of rotatable bonds is 4. The summed E-state index contributed by atoms with van der Waals surface area (Å²) in [5.74, 6) is 0. The van der Waals surface area contributed by atoms with Gasteiger partial charge in [0.1, 0.15) is 0 Å². The average Bonchev–Trinajstić information content (AvgIpc) is 2.75. The van der Waals surface area contributed by atoms with Crippen molar-refractivity contribution < 1.29 is 0 Å². The number of aryl methyl sites for hydroxylation is 1. The third-order valence-corrected chi connectivity index (χ3v) is 5.85. The van der Waals surface area contributed by atoms with Gasteiger partial charge in [0.2, 0.25) is 0 Å². The summed E-state index contributed by atoms with van der Waals surface area (Å²) in [4.78, 5) is 1.37. The molecule has 0 radical (unpaired) electrons. The maximum absolute atomic E-state index is 3.54. The lowest BCUT2D eigenvalue weighted by molar-refractivity contribution is 0.702. The second-order valence-corrected chi connectivity index (χ2v) is 8.28. The van der Waals surface area contributed by atoms with E-state index >= 15 is 0 Å². The molecule has 0 saturated heterocycles. The van der Waals surface area contributed by atoms with Gasteiger partial charge < -0.3 is 5.32 Å². The van der Waals surface area contributed by atoms with Gasteiger partial charge in [-0.1, -0.05) is 0 Å². The Bertz CT molecular complexity index is 457. The van der Waals surface area contributed by atoms with Crippen LogP contribution in [0.1, 0.15) is 16.0 Å². The molecule has 0 bridgehead atoms. The number of nitrogens with one attached hydrogen (secondary N) is 1. The molecule has 2 aromatic rings. The van der Waals surface area contributed by atoms with Crippen molar-refractivity contribution in [3.63, 3.8) is 0 Å². The van der Waals surface area contributed by atoms with Crippen molar-refractivity contribution in [3.05, 3.63) is 41.1 Å². The molecule has 0 atom stereocenters. The second kappa shape index (κ2) is 5.78. The fourth-order valence-electron chi connectivity index (χ4n) is 1.38. The van der Waals surface area contributed by atoms with Crippen molar-refractivity contribution in [2.45, 2.75) is 20.0 Å². The van der Waals surface area contributed by atoms with E-state index in [-0.39, 0.29) is 0 Å². The normalized spacial score (nSPS) is 10.9. The van der Waals surface area contributed by atoms with Crippen LogP contribution in [0, 0.1) is 6.92 Å². The van der Waals surface area contributed by atoms with Crippen LogP contribution in [0.25, 0.3) is 0 Å². The van der Waals surface area contributed by atoms with Crippen molar-refractivity contribution in [2.75, 3.05) is 0 Å². The first-order valence-electron chi connectivity index (χ1n) is 4.83. The van der Waals surface area contributed by atoms with E-state index < -0.39 is 0 Å². The average molecular weight is 381 g/mol. The molecular formula is C11H11Br2NS2. The summed E-state index contributed by atoms with van der Waals surface area (Å²) in [5.41, 5.74) is 2.66. The standard InChI is InChI=1S/C11H11Br2NS2/c1-7-2-9(16-11(7)13)5-14-4-8-3-10(12)15-6-8/h2-3,6,14H,4-5H2,1H3. The van der Waals surface area contributed by atoms with Crippen LogP contribution in [0.15, 0.2) is 25.1 Å². The van der Waals surface area contributed by atoms with E-state index in [0.717, 1.165) is 13.1 Å². The molecule has 0 unspecified atom stereocenters. The van der Waals surface area contributed by atoms with E-state index in [1.165, 1.54) is 23.6 Å². The third kappa shape index (κ3) is 3.40. The van der Waals surface area contributed by atoms with Crippen LogP contribution in [0.4, 0.5) is 0 Å². The molecule has 2 aromatic heterocycles. The van der Waals surface area contributed by atoms with E-state index in [4.69, 9.17) is 0 Å². The van der Waals surface area contributed by atoms with Crippen molar-refractivity contribution in [2.24, 2.45) is 0 Å². The zero-order valence-electron chi connectivity index (χ0n) is 8.72. The van der Waals surface area contributed by atoms with E-state index in [9.17, 15) is 0 Å². The Morgan fingerprint density at radius 2 is 2.06 bits per heavy atom. The van der Waals surface area contributed by atoms with Crippen LogP contribution in [0.5, 0.6) is 0 Å². The van der Waals surface area contributed by atoms with Crippen molar-refractivity contribution in [1.82, 2.24) is 5.32 Å². The Labute approximate surface area is 120 Å². The molecule has 0 aliphatic heterocycles. The summed E-state index contributed by atoms with van der Waals surface area (Å²) in [6.45, 7) is 3.99. The molecule has 2 heterocycles. The van der Waals surface area contributed by atoms with Gasteiger partial charge in [-0.3, -0.25) is 0 Å². The minimum atomic E-state index is 0.927. The lowest BCUT2D eigenvalue weighted by atomic mass is 10.3. The quantitative estimate of drug-likeness (QED) is 0.792. The smallest absolute Gasteiger partial charge is 0.0730 e. The molecule has 0 fully saturated rings. The minimum Gasteiger partial charge on any atom is -0.308 e. The van der Waals surface area contributed by atoms with Crippen LogP contribution < -0.4 is 5.32 Å². The summed E-state index contributed by atoms with van der Waals surface area (Å²) in [6.07, 6.45) is 0. The van der Waals surface area contributed by atoms with Gasteiger partial charge in [-0.05, 0) is 67.4 Å². The topological polar surface area (TPSA) is 12.0 Å². The SMILES string of the molecule is Cc1cc(CNCc2csc(Br)c2)sc1Br. The highest BCUT2D eigenvalue weighted by molar-refractivity contribution is 9.11. The predicted octanol–water partition coefficient (Wildman–Crippen LogP) is 4.93. The minimum absolute atomic E-state index is 0.927. The second-order valence-electron chi connectivity index (χ2n) is 3.53. The Balaban J connectivity index is 1.84. The van der Waals surface area contributed by atoms with E-state index in [0.29, 0.717) is 0 Å². The third-order valence-electron chi connectivity index (χ3n) is 2.16. The molecule has 1 nitrogen and oxygen atoms in total. The highest BCUT2D eigenvalue weighted by Crippen LogP contribution is 2.27. The highest BCUT2D eigenvalue weighted by atomic mass is 79.9. The number of halogens is 2. The molecule has 0 spiro atoms. The molecule has 0 aliphatic carbocycles. The summed E-state index contributed by atoms with van der Waals surface area (Å²) >= 11 is 10.5. The van der Waals surface area contributed by atoms with Crippen molar-refractivity contribution in [1.29, 1.82) is 0 Å². The van der Waals surface area contributed by atoms with Gasteiger partial charge in [-0.25, -0.2) is 0 Å². The molecule has 2 rings (SSSR count). The molecule has 0 aliphatic rings. The van der Waals surface area contributed by atoms with Gasteiger partial charge >= 0.3 is 0 Å². The maximum atomic E-state index is 3.54. The number of thiophene rings is 2. The largest absolute Gasteiger partial charge is 0.308 e. The number of hydrogen-bond acceptors (Lipinski definition) is 3. The van der Waals surface area contributed by atoms with E-state index in [1.807, 2.05) is 0 Å². The van der Waals surface area contributed by atoms with Crippen LogP contribution in [0.3, 0.4) is 0 Å². The van der Waals surface area contributed by atoms with Crippen LogP contribution in [-0.2, 0) is 13.1 Å². The number of hydrogen-bond donors (Lipinski definition) is 1. The summed E-state index contributed by atoms with van der Waals surface area (Å²) in [5, 5.41) is 5.62. The highest BCUT2D eigenvalue weighted by Gasteiger charge is 2.02. The van der Waals surface area contributed by atoms with Gasteiger partial charge in [-0.15, -0.1) is 22.7 Å². The Kier molecular flexibility index (Phi) is 4.61. The van der Waals surface area contributed by atoms with Crippen LogP contribution in [0.2, 0.25) is 0 Å². The molecule has 16 heavy (non-hydrogen) atoms. The molecule has 86 valence electrons. The lowest BCUT2D eigenvalue weighted by Crippen LogP contribution is -2.10. The summed E-state index contributed by atoms with van der Waals surface area (Å²) in [7, 11) is 0. The molecule has 0 saturated carbocycles. The fraction of sp³-hybridized carbons (Fsp3) is 0.273. The van der Waals surface area contributed by atoms with Gasteiger partial charge in [0.15, 0.2) is 0 Å². The van der Waals surface area contributed by atoms with E-state index in [1.54, 1.807) is 22.7 Å². The lowest BCUT2D eigenvalue weighted by Gasteiger charge is -2.00. The first-order valence-corrected chi connectivity index (χ1v) is 8.12. The fourth-order valence-corrected chi connectivity index (χ4v) is 4.19. The maximum Gasteiger partial charge on any atom is 0.0730 e. The Morgan fingerprint density at radius 1 is 1.25 bits per heavy atom. The summed E-state index contributed by atoms with van der Waals surface area (Å²) in [6, 6.07) is 4.39. The predicted molar refractivity (Wildman–Crippen MR) is 79.3 cm³/mol. The molecule has 0 amide bonds. The van der Waals surface area contributed by atoms with Crippen LogP contribution >= 0.6 is 54.5 Å². The Morgan fingerprint density at radius 3 is 2.62 bits per heavy atom. The molecule has 1 N–H and O–H groups in total. The molecule has 5 heteroatoms. The van der Waals surface area contributed by atoms with Gasteiger partial charge in [0, 0.05) is 18.0 Å². The van der Waals surface area contributed by atoms with Crippen LogP contribution in [-0.4, -0.2) is 0 Å². The molecule has 0 aromatic carbocycles. The first-order chi connectivity index (χ1) is 7.65. The van der Waals surface area contributed by atoms with E-state index in [2.05, 4.69) is 61.6 Å². The monoisotopic (exact) mass is 379 g/mol.